The van der Waals surface area contributed by atoms with Crippen LogP contribution in [0.25, 0.3) is 0 Å². The van der Waals surface area contributed by atoms with E-state index >= 15 is 0 Å². The molecule has 2 unspecified atom stereocenters. The topological polar surface area (TPSA) is 127 Å². The minimum atomic E-state index is -1.14. The molecule has 0 spiro atoms. The number of carboxylic acids is 1. The quantitative estimate of drug-likeness (QED) is 0.666. The maximum absolute atomic E-state index is 11.4. The van der Waals surface area contributed by atoms with Gasteiger partial charge in [0, 0.05) is 18.7 Å². The third kappa shape index (κ3) is 2.69. The van der Waals surface area contributed by atoms with E-state index in [1.807, 2.05) is 6.92 Å². The van der Waals surface area contributed by atoms with E-state index in [9.17, 15) is 30.1 Å². The van der Waals surface area contributed by atoms with Gasteiger partial charge >= 0.3 is 5.97 Å². The van der Waals surface area contributed by atoms with Crippen LogP contribution < -0.4 is 4.90 Å². The monoisotopic (exact) mass is 309 g/mol. The molecule has 0 aromatic heterocycles. The Morgan fingerprint density at radius 2 is 1.77 bits per heavy atom. The second-order valence-electron chi connectivity index (χ2n) is 5.51. The van der Waals surface area contributed by atoms with Gasteiger partial charge in [0.25, 0.3) is 11.4 Å². The Balaban J connectivity index is 2.69. The number of carbonyl (C=O) groups is 1. The lowest BCUT2D eigenvalue weighted by molar-refractivity contribution is -0.392. The van der Waals surface area contributed by atoms with Crippen LogP contribution >= 0.6 is 0 Å². The Kier molecular flexibility index (Phi) is 3.98. The Hall–Kier alpha value is -2.71. The molecular weight excluding hydrogens is 294 g/mol. The highest BCUT2D eigenvalue weighted by atomic mass is 16.6. The predicted molar refractivity (Wildman–Crippen MR) is 77.0 cm³/mol. The number of nitrogens with zero attached hydrogens (tertiary/aromatic N) is 3. The average Bonchev–Trinajstić information content (AvgIpc) is 2.79. The highest BCUT2D eigenvalue weighted by Crippen LogP contribution is 2.42. The zero-order valence-corrected chi connectivity index (χ0v) is 12.1. The third-order valence-electron chi connectivity index (χ3n) is 3.69. The molecule has 2 rings (SSSR count). The van der Waals surface area contributed by atoms with Gasteiger partial charge in [0.2, 0.25) is 0 Å². The molecule has 1 saturated heterocycles. The highest BCUT2D eigenvalue weighted by Gasteiger charge is 2.41. The van der Waals surface area contributed by atoms with Crippen molar-refractivity contribution < 1.29 is 19.7 Å². The van der Waals surface area contributed by atoms with Gasteiger partial charge in [0.15, 0.2) is 5.69 Å². The summed E-state index contributed by atoms with van der Waals surface area (Å²) >= 11 is 0. The summed E-state index contributed by atoms with van der Waals surface area (Å²) < 4.78 is 0. The van der Waals surface area contributed by atoms with Gasteiger partial charge in [-0.3, -0.25) is 20.2 Å². The van der Waals surface area contributed by atoms with Crippen LogP contribution in [0.15, 0.2) is 12.1 Å². The molecule has 2 atom stereocenters. The highest BCUT2D eigenvalue weighted by molar-refractivity contribution is 5.85. The van der Waals surface area contributed by atoms with Gasteiger partial charge in [-0.25, -0.2) is 4.79 Å². The summed E-state index contributed by atoms with van der Waals surface area (Å²) in [6.45, 7) is 3.55. The maximum atomic E-state index is 11.4. The minimum absolute atomic E-state index is 0.0263. The number of nitro benzene ring substituents is 2. The molecule has 1 aromatic rings. The normalized spacial score (nSPS) is 20.9. The standard InChI is InChI=1S/C13H15N3O6/c1-7-3-9(15(19)20)12(10(4-7)16(21)22)14-6-8(2)5-11(14)13(17)18/h3-4,8,11H,5-6H2,1-2H3,(H,17,18). The van der Waals surface area contributed by atoms with Gasteiger partial charge in [-0.15, -0.1) is 0 Å². The molecule has 22 heavy (non-hydrogen) atoms. The number of nitro groups is 2. The smallest absolute Gasteiger partial charge is 0.326 e. The van der Waals surface area contributed by atoms with Crippen molar-refractivity contribution in [1.82, 2.24) is 0 Å². The summed E-state index contributed by atoms with van der Waals surface area (Å²) in [6, 6.07) is 1.45. The second-order valence-corrected chi connectivity index (χ2v) is 5.51. The first kappa shape index (κ1) is 15.7. The van der Waals surface area contributed by atoms with Gasteiger partial charge in [-0.2, -0.15) is 0 Å². The predicted octanol–water partition coefficient (Wildman–Crippen LogP) is 2.11. The molecule has 1 aliphatic heterocycles. The van der Waals surface area contributed by atoms with E-state index in [0.717, 1.165) is 0 Å². The van der Waals surface area contributed by atoms with Crippen LogP contribution in [-0.4, -0.2) is 33.5 Å². The first-order chi connectivity index (χ1) is 10.2. The van der Waals surface area contributed by atoms with E-state index in [1.165, 1.54) is 24.0 Å². The van der Waals surface area contributed by atoms with Crippen molar-refractivity contribution in [3.05, 3.63) is 37.9 Å². The van der Waals surface area contributed by atoms with Crippen LogP contribution in [0.3, 0.4) is 0 Å². The number of benzene rings is 1. The average molecular weight is 309 g/mol. The van der Waals surface area contributed by atoms with Gasteiger partial charge in [0.05, 0.1) is 9.85 Å². The van der Waals surface area contributed by atoms with Crippen molar-refractivity contribution in [2.45, 2.75) is 26.3 Å². The summed E-state index contributed by atoms with van der Waals surface area (Å²) in [4.78, 5) is 33.8. The summed E-state index contributed by atoms with van der Waals surface area (Å²) in [5.74, 6) is -1.17. The van der Waals surface area contributed by atoms with Crippen LogP contribution in [0.5, 0.6) is 0 Å². The number of hydrogen-bond acceptors (Lipinski definition) is 6. The van der Waals surface area contributed by atoms with E-state index in [1.54, 1.807) is 0 Å². The summed E-state index contributed by atoms with van der Waals surface area (Å²) in [6.07, 6.45) is 0.289. The van der Waals surface area contributed by atoms with Gasteiger partial charge in [-0.1, -0.05) is 6.92 Å². The Labute approximate surface area is 125 Å². The number of aryl methyl sites for hydroxylation is 1. The molecule has 9 heteroatoms. The van der Waals surface area contributed by atoms with Crippen LogP contribution in [0.2, 0.25) is 0 Å². The van der Waals surface area contributed by atoms with Crippen molar-refractivity contribution in [3.63, 3.8) is 0 Å². The van der Waals surface area contributed by atoms with Crippen LogP contribution in [0.4, 0.5) is 17.1 Å². The van der Waals surface area contributed by atoms with E-state index in [2.05, 4.69) is 0 Å². The molecule has 0 radical (unpaired) electrons. The third-order valence-corrected chi connectivity index (χ3v) is 3.69. The fraction of sp³-hybridized carbons (Fsp3) is 0.462. The lowest BCUT2D eigenvalue weighted by atomic mass is 10.1. The van der Waals surface area contributed by atoms with Crippen LogP contribution in [-0.2, 0) is 4.79 Å². The van der Waals surface area contributed by atoms with Gasteiger partial charge in [0.1, 0.15) is 6.04 Å². The SMILES string of the molecule is Cc1cc([N+](=O)[O-])c(N2CC(C)CC2C(=O)O)c([N+](=O)[O-])c1. The van der Waals surface area contributed by atoms with E-state index in [4.69, 9.17) is 0 Å². The van der Waals surface area contributed by atoms with Crippen molar-refractivity contribution in [3.8, 4) is 0 Å². The van der Waals surface area contributed by atoms with E-state index in [-0.39, 0.29) is 24.6 Å². The lowest BCUT2D eigenvalue weighted by Crippen LogP contribution is -2.36. The van der Waals surface area contributed by atoms with E-state index < -0.39 is 33.2 Å². The van der Waals surface area contributed by atoms with Crippen molar-refractivity contribution >= 4 is 23.0 Å². The molecule has 1 fully saturated rings. The number of carboxylic acid groups (broad SMARTS) is 1. The van der Waals surface area contributed by atoms with Crippen molar-refractivity contribution in [2.75, 3.05) is 11.4 Å². The molecule has 118 valence electrons. The van der Waals surface area contributed by atoms with Crippen LogP contribution in [0.1, 0.15) is 18.9 Å². The molecular formula is C13H15N3O6. The zero-order valence-electron chi connectivity index (χ0n) is 12.1. The largest absolute Gasteiger partial charge is 0.480 e. The summed E-state index contributed by atoms with van der Waals surface area (Å²) in [5, 5.41) is 31.8. The number of aliphatic carboxylic acids is 1. The summed E-state index contributed by atoms with van der Waals surface area (Å²) in [7, 11) is 0. The Morgan fingerprint density at radius 1 is 1.27 bits per heavy atom. The fourth-order valence-electron chi connectivity index (χ4n) is 2.84. The maximum Gasteiger partial charge on any atom is 0.326 e. The molecule has 1 aromatic carbocycles. The molecule has 0 amide bonds. The first-order valence-electron chi connectivity index (χ1n) is 6.65. The van der Waals surface area contributed by atoms with Gasteiger partial charge < -0.3 is 10.0 Å². The molecule has 1 aliphatic rings. The lowest BCUT2D eigenvalue weighted by Gasteiger charge is -2.23. The number of rotatable bonds is 4. The molecule has 0 aliphatic carbocycles. The molecule has 9 nitrogen and oxygen atoms in total. The molecule has 1 heterocycles. The zero-order chi connectivity index (χ0) is 16.6. The van der Waals surface area contributed by atoms with Crippen LogP contribution in [0, 0.1) is 33.1 Å². The van der Waals surface area contributed by atoms with E-state index in [0.29, 0.717) is 5.56 Å². The Morgan fingerprint density at radius 3 is 2.18 bits per heavy atom. The molecule has 0 bridgehead atoms. The molecule has 1 N–H and O–H groups in total. The minimum Gasteiger partial charge on any atom is -0.480 e. The number of anilines is 1. The first-order valence-corrected chi connectivity index (χ1v) is 6.65. The Bertz CT molecular complexity index is 624. The van der Waals surface area contributed by atoms with Crippen molar-refractivity contribution in [2.24, 2.45) is 5.92 Å². The second kappa shape index (κ2) is 5.58. The van der Waals surface area contributed by atoms with Crippen molar-refractivity contribution in [1.29, 1.82) is 0 Å². The number of hydrogen-bond donors (Lipinski definition) is 1. The summed E-state index contributed by atoms with van der Waals surface area (Å²) in [5.41, 5.74) is -0.724. The molecule has 0 saturated carbocycles. The van der Waals surface area contributed by atoms with Gasteiger partial charge in [-0.05, 0) is 24.8 Å². The fourth-order valence-corrected chi connectivity index (χ4v) is 2.84.